The van der Waals surface area contributed by atoms with Gasteiger partial charge in [-0.3, -0.25) is 4.79 Å². The number of nitrogen functional groups attached to an aromatic ring is 1. The molecule has 0 aliphatic heterocycles. The quantitative estimate of drug-likeness (QED) is 0.253. The molecule has 0 fully saturated rings. The van der Waals surface area contributed by atoms with Gasteiger partial charge < -0.3 is 20.9 Å². The van der Waals surface area contributed by atoms with Gasteiger partial charge in [-0.1, -0.05) is 29.6 Å². The lowest BCUT2D eigenvalue weighted by molar-refractivity contribution is -0.143. The van der Waals surface area contributed by atoms with Gasteiger partial charge in [0, 0.05) is 19.4 Å². The standard InChI is InChI=1S/C20H26Cl2N2O3S/c21-16-10-15(11-17(22)20(16)23)18(25)12-24-7-3-1-2-4-19(26)27-8-5-14-6-9-28-13-14/h6,9-11,13,18,24-25H,1-5,7-8,12,23H2. The maximum atomic E-state index is 11.7. The van der Waals surface area contributed by atoms with Crippen molar-refractivity contribution in [3.05, 3.63) is 50.1 Å². The molecule has 0 aliphatic carbocycles. The molecule has 2 rings (SSSR count). The number of carbonyl (C=O) groups is 1. The second-order valence-corrected chi connectivity index (χ2v) is 8.13. The van der Waals surface area contributed by atoms with Crippen LogP contribution in [-0.2, 0) is 16.0 Å². The van der Waals surface area contributed by atoms with Gasteiger partial charge in [-0.15, -0.1) is 0 Å². The molecule has 0 radical (unpaired) electrons. The number of nitrogens with one attached hydrogen (secondary N) is 1. The Morgan fingerprint density at radius 3 is 2.68 bits per heavy atom. The molecule has 28 heavy (non-hydrogen) atoms. The van der Waals surface area contributed by atoms with Gasteiger partial charge in [-0.2, -0.15) is 11.3 Å². The second-order valence-electron chi connectivity index (χ2n) is 6.53. The Bertz CT molecular complexity index is 718. The number of hydrogen-bond acceptors (Lipinski definition) is 6. The number of anilines is 1. The Hall–Kier alpha value is -1.31. The number of unbranched alkanes of at least 4 members (excludes halogenated alkanes) is 2. The van der Waals surface area contributed by atoms with Crippen LogP contribution in [0.4, 0.5) is 5.69 Å². The van der Waals surface area contributed by atoms with Crippen molar-refractivity contribution in [3.63, 3.8) is 0 Å². The molecule has 1 unspecified atom stereocenters. The monoisotopic (exact) mass is 444 g/mol. The smallest absolute Gasteiger partial charge is 0.305 e. The highest BCUT2D eigenvalue weighted by Crippen LogP contribution is 2.31. The first kappa shape index (κ1) is 23.0. The molecule has 154 valence electrons. The Kier molecular flexibility index (Phi) is 10.1. The highest BCUT2D eigenvalue weighted by Gasteiger charge is 2.12. The molecule has 5 nitrogen and oxygen atoms in total. The van der Waals surface area contributed by atoms with Crippen molar-refractivity contribution in [1.29, 1.82) is 0 Å². The van der Waals surface area contributed by atoms with Gasteiger partial charge >= 0.3 is 5.97 Å². The molecular weight excluding hydrogens is 419 g/mol. The number of aliphatic hydroxyl groups excluding tert-OH is 1. The number of nitrogens with two attached hydrogens (primary N) is 1. The van der Waals surface area contributed by atoms with Crippen LogP contribution < -0.4 is 11.1 Å². The second kappa shape index (κ2) is 12.3. The predicted octanol–water partition coefficient (Wildman–Crippen LogP) is 4.61. The number of halogens is 2. The van der Waals surface area contributed by atoms with E-state index in [1.54, 1.807) is 23.5 Å². The average Bonchev–Trinajstić information content (AvgIpc) is 3.18. The lowest BCUT2D eigenvalue weighted by atomic mass is 10.1. The third-order valence-electron chi connectivity index (χ3n) is 4.29. The zero-order chi connectivity index (χ0) is 20.4. The molecule has 1 heterocycles. The maximum Gasteiger partial charge on any atom is 0.305 e. The molecule has 1 aromatic carbocycles. The van der Waals surface area contributed by atoms with Crippen molar-refractivity contribution in [2.45, 2.75) is 38.2 Å². The first-order chi connectivity index (χ1) is 13.5. The Labute approximate surface area is 179 Å². The number of hydrogen-bond donors (Lipinski definition) is 3. The third kappa shape index (κ3) is 7.97. The van der Waals surface area contributed by atoms with Crippen molar-refractivity contribution in [2.75, 3.05) is 25.4 Å². The van der Waals surface area contributed by atoms with Crippen LogP contribution in [-0.4, -0.2) is 30.8 Å². The van der Waals surface area contributed by atoms with Crippen molar-refractivity contribution in [2.24, 2.45) is 0 Å². The minimum absolute atomic E-state index is 0.143. The molecule has 1 aromatic heterocycles. The van der Waals surface area contributed by atoms with Gasteiger partial charge in [0.15, 0.2) is 0 Å². The number of aliphatic hydroxyl groups is 1. The lowest BCUT2D eigenvalue weighted by Crippen LogP contribution is -2.22. The highest BCUT2D eigenvalue weighted by molar-refractivity contribution is 7.07. The molecule has 4 N–H and O–H groups in total. The fraction of sp³-hybridized carbons (Fsp3) is 0.450. The van der Waals surface area contributed by atoms with Crippen LogP contribution in [0, 0.1) is 0 Å². The van der Waals surface area contributed by atoms with E-state index in [9.17, 15) is 9.90 Å². The predicted molar refractivity (Wildman–Crippen MR) is 116 cm³/mol. The maximum absolute atomic E-state index is 11.7. The number of rotatable bonds is 12. The van der Waals surface area contributed by atoms with E-state index < -0.39 is 6.10 Å². The van der Waals surface area contributed by atoms with E-state index in [0.717, 1.165) is 32.2 Å². The number of thiophene rings is 1. The first-order valence-electron chi connectivity index (χ1n) is 9.27. The summed E-state index contributed by atoms with van der Waals surface area (Å²) in [5, 5.41) is 18.2. The van der Waals surface area contributed by atoms with Gasteiger partial charge in [-0.05, 0) is 59.5 Å². The van der Waals surface area contributed by atoms with E-state index in [-0.39, 0.29) is 5.97 Å². The average molecular weight is 445 g/mol. The van der Waals surface area contributed by atoms with Crippen molar-refractivity contribution >= 4 is 46.2 Å². The van der Waals surface area contributed by atoms with Crippen LogP contribution in [0.3, 0.4) is 0 Å². The first-order valence-corrected chi connectivity index (χ1v) is 11.0. The zero-order valence-electron chi connectivity index (χ0n) is 15.6. The molecule has 0 saturated heterocycles. The lowest BCUT2D eigenvalue weighted by Gasteiger charge is -2.14. The molecule has 0 amide bonds. The molecule has 2 aromatic rings. The fourth-order valence-corrected chi connectivity index (χ4v) is 3.85. The number of benzene rings is 1. The van der Waals surface area contributed by atoms with Crippen molar-refractivity contribution in [1.82, 2.24) is 5.32 Å². The van der Waals surface area contributed by atoms with Crippen molar-refractivity contribution in [3.8, 4) is 0 Å². The zero-order valence-corrected chi connectivity index (χ0v) is 18.0. The summed E-state index contributed by atoms with van der Waals surface area (Å²) < 4.78 is 5.24. The van der Waals surface area contributed by atoms with E-state index in [1.807, 2.05) is 11.4 Å². The normalized spacial score (nSPS) is 12.1. The van der Waals surface area contributed by atoms with Gasteiger partial charge in [0.2, 0.25) is 0 Å². The number of ether oxygens (including phenoxy) is 1. The molecule has 1 atom stereocenters. The summed E-state index contributed by atoms with van der Waals surface area (Å²) in [5.41, 5.74) is 7.84. The van der Waals surface area contributed by atoms with E-state index in [2.05, 4.69) is 10.7 Å². The number of esters is 1. The summed E-state index contributed by atoms with van der Waals surface area (Å²) in [6, 6.07) is 5.29. The summed E-state index contributed by atoms with van der Waals surface area (Å²) in [7, 11) is 0. The SMILES string of the molecule is Nc1c(Cl)cc(C(O)CNCCCCCC(=O)OCCc2ccsc2)cc1Cl. The molecule has 0 aliphatic rings. The van der Waals surface area contributed by atoms with Crippen LogP contribution in [0.1, 0.15) is 42.9 Å². The van der Waals surface area contributed by atoms with Crippen molar-refractivity contribution < 1.29 is 14.6 Å². The van der Waals surface area contributed by atoms with Crippen LogP contribution in [0.5, 0.6) is 0 Å². The van der Waals surface area contributed by atoms with Gasteiger partial charge in [0.05, 0.1) is 28.4 Å². The summed E-state index contributed by atoms with van der Waals surface area (Å²) in [4.78, 5) is 11.7. The summed E-state index contributed by atoms with van der Waals surface area (Å²) in [6.45, 7) is 1.58. The number of carbonyl (C=O) groups excluding carboxylic acids is 1. The van der Waals surface area contributed by atoms with Crippen LogP contribution >= 0.6 is 34.5 Å². The fourth-order valence-electron chi connectivity index (χ4n) is 2.64. The van der Waals surface area contributed by atoms with E-state index in [4.69, 9.17) is 33.7 Å². The van der Waals surface area contributed by atoms with E-state index >= 15 is 0 Å². The van der Waals surface area contributed by atoms with Crippen LogP contribution in [0.25, 0.3) is 0 Å². The molecule has 8 heteroatoms. The van der Waals surface area contributed by atoms with Gasteiger partial charge in [0.25, 0.3) is 0 Å². The van der Waals surface area contributed by atoms with Crippen LogP contribution in [0.15, 0.2) is 29.0 Å². The third-order valence-corrected chi connectivity index (χ3v) is 5.65. The summed E-state index contributed by atoms with van der Waals surface area (Å²) >= 11 is 13.6. The Balaban J connectivity index is 1.50. The van der Waals surface area contributed by atoms with Gasteiger partial charge in [-0.25, -0.2) is 0 Å². The Morgan fingerprint density at radius 1 is 1.25 bits per heavy atom. The molecular formula is C20H26Cl2N2O3S. The minimum atomic E-state index is -0.714. The van der Waals surface area contributed by atoms with E-state index in [0.29, 0.717) is 40.9 Å². The highest BCUT2D eigenvalue weighted by atomic mass is 35.5. The Morgan fingerprint density at radius 2 is 2.00 bits per heavy atom. The summed E-state index contributed by atoms with van der Waals surface area (Å²) in [6.07, 6.45) is 3.12. The molecule has 0 saturated carbocycles. The van der Waals surface area contributed by atoms with Crippen LogP contribution in [0.2, 0.25) is 10.0 Å². The largest absolute Gasteiger partial charge is 0.465 e. The minimum Gasteiger partial charge on any atom is -0.465 e. The molecule has 0 bridgehead atoms. The van der Waals surface area contributed by atoms with E-state index in [1.165, 1.54) is 5.56 Å². The topological polar surface area (TPSA) is 84.6 Å². The molecule has 0 spiro atoms. The summed E-state index contributed by atoms with van der Waals surface area (Å²) in [5.74, 6) is -0.143. The van der Waals surface area contributed by atoms with Gasteiger partial charge in [0.1, 0.15) is 0 Å².